The molecule has 2 aromatic rings. The molecule has 0 spiro atoms. The van der Waals surface area contributed by atoms with Gasteiger partial charge in [-0.3, -0.25) is 4.90 Å². The molecule has 1 aliphatic heterocycles. The molecule has 1 aliphatic rings. The zero-order chi connectivity index (χ0) is 18.4. The Morgan fingerprint density at radius 2 is 2.08 bits per heavy atom. The van der Waals surface area contributed by atoms with E-state index in [2.05, 4.69) is 52.5 Å². The van der Waals surface area contributed by atoms with Crippen LogP contribution in [0.3, 0.4) is 0 Å². The van der Waals surface area contributed by atoms with Crippen molar-refractivity contribution < 1.29 is 4.74 Å². The minimum atomic E-state index is 0.484. The summed E-state index contributed by atoms with van der Waals surface area (Å²) in [4.78, 5) is 2.57. The van der Waals surface area contributed by atoms with Gasteiger partial charge in [-0.2, -0.15) is 0 Å². The van der Waals surface area contributed by atoms with Gasteiger partial charge in [-0.05, 0) is 42.4 Å². The molecule has 2 heterocycles. The second kappa shape index (κ2) is 9.19. The SMILES string of the molecule is CC1CC(C)CN(Cc2cccc(OCCCNc3nnc(N)s3)c2)C1. The summed E-state index contributed by atoms with van der Waals surface area (Å²) in [6.45, 7) is 9.55. The Balaban J connectivity index is 1.41. The highest BCUT2D eigenvalue weighted by atomic mass is 32.1. The first-order chi connectivity index (χ1) is 12.6. The number of nitrogen functional groups attached to an aromatic ring is 1. The standard InChI is InChI=1S/C19H29N5OS/c1-14-9-15(2)12-24(11-14)13-16-5-3-6-17(10-16)25-8-4-7-21-19-23-22-18(20)26-19/h3,5-6,10,14-15H,4,7-9,11-13H2,1-2H3,(H2,20,22)(H,21,23). The van der Waals surface area contributed by atoms with E-state index in [1.165, 1.54) is 36.4 Å². The van der Waals surface area contributed by atoms with Crippen LogP contribution in [0.4, 0.5) is 10.3 Å². The molecule has 142 valence electrons. The van der Waals surface area contributed by atoms with Crippen LogP contribution in [0.15, 0.2) is 24.3 Å². The van der Waals surface area contributed by atoms with Crippen LogP contribution in [-0.4, -0.2) is 41.3 Å². The van der Waals surface area contributed by atoms with Crippen molar-refractivity contribution in [2.24, 2.45) is 11.8 Å². The van der Waals surface area contributed by atoms with Crippen LogP contribution >= 0.6 is 11.3 Å². The Hall–Kier alpha value is -1.86. The summed E-state index contributed by atoms with van der Waals surface area (Å²) in [5, 5.41) is 12.2. The van der Waals surface area contributed by atoms with Crippen molar-refractivity contribution in [2.45, 2.75) is 33.2 Å². The average Bonchev–Trinajstić information content (AvgIpc) is 2.99. The predicted molar refractivity (Wildman–Crippen MR) is 108 cm³/mol. The quantitative estimate of drug-likeness (QED) is 0.688. The van der Waals surface area contributed by atoms with E-state index in [1.54, 1.807) is 0 Å². The molecule has 26 heavy (non-hydrogen) atoms. The number of hydrogen-bond donors (Lipinski definition) is 2. The third kappa shape index (κ3) is 5.85. The number of anilines is 2. The second-order valence-electron chi connectivity index (χ2n) is 7.36. The van der Waals surface area contributed by atoms with Gasteiger partial charge in [0.15, 0.2) is 0 Å². The Bertz CT molecular complexity index is 682. The van der Waals surface area contributed by atoms with E-state index in [4.69, 9.17) is 10.5 Å². The van der Waals surface area contributed by atoms with Gasteiger partial charge in [0.1, 0.15) is 5.75 Å². The number of hydrogen-bond acceptors (Lipinski definition) is 7. The van der Waals surface area contributed by atoms with Crippen LogP contribution in [0.5, 0.6) is 5.75 Å². The van der Waals surface area contributed by atoms with Crippen LogP contribution in [0, 0.1) is 11.8 Å². The Kier molecular flexibility index (Phi) is 6.68. The topological polar surface area (TPSA) is 76.3 Å². The molecule has 1 saturated heterocycles. The van der Waals surface area contributed by atoms with Gasteiger partial charge >= 0.3 is 0 Å². The Morgan fingerprint density at radius 3 is 2.81 bits per heavy atom. The van der Waals surface area contributed by atoms with Gasteiger partial charge in [0, 0.05) is 26.2 Å². The number of rotatable bonds is 8. The third-order valence-electron chi connectivity index (χ3n) is 4.56. The van der Waals surface area contributed by atoms with Crippen molar-refractivity contribution in [3.05, 3.63) is 29.8 Å². The molecule has 0 aliphatic carbocycles. The summed E-state index contributed by atoms with van der Waals surface area (Å²) in [5.74, 6) is 2.52. The average molecular weight is 376 g/mol. The summed E-state index contributed by atoms with van der Waals surface area (Å²) >= 11 is 1.36. The van der Waals surface area contributed by atoms with Crippen molar-refractivity contribution in [3.63, 3.8) is 0 Å². The highest BCUT2D eigenvalue weighted by Gasteiger charge is 2.21. The second-order valence-corrected chi connectivity index (χ2v) is 8.37. The van der Waals surface area contributed by atoms with Crippen LogP contribution in [0.1, 0.15) is 32.3 Å². The molecule has 2 unspecified atom stereocenters. The zero-order valence-electron chi connectivity index (χ0n) is 15.6. The van der Waals surface area contributed by atoms with E-state index in [0.717, 1.165) is 42.2 Å². The van der Waals surface area contributed by atoms with Crippen LogP contribution in [0.2, 0.25) is 0 Å². The fourth-order valence-corrected chi connectivity index (χ4v) is 4.21. The number of piperidine rings is 1. The summed E-state index contributed by atoms with van der Waals surface area (Å²) in [7, 11) is 0. The zero-order valence-corrected chi connectivity index (χ0v) is 16.5. The van der Waals surface area contributed by atoms with Gasteiger partial charge in [-0.25, -0.2) is 0 Å². The molecule has 2 atom stereocenters. The first kappa shape index (κ1) is 18.9. The fraction of sp³-hybridized carbons (Fsp3) is 0.579. The highest BCUT2D eigenvalue weighted by Crippen LogP contribution is 2.23. The van der Waals surface area contributed by atoms with E-state index in [1.807, 2.05) is 6.07 Å². The summed E-state index contributed by atoms with van der Waals surface area (Å²) < 4.78 is 5.91. The van der Waals surface area contributed by atoms with Gasteiger partial charge in [-0.15, -0.1) is 10.2 Å². The summed E-state index contributed by atoms with van der Waals surface area (Å²) in [6.07, 6.45) is 2.24. The van der Waals surface area contributed by atoms with Gasteiger partial charge < -0.3 is 15.8 Å². The lowest BCUT2D eigenvalue weighted by molar-refractivity contribution is 0.134. The molecular weight excluding hydrogens is 346 g/mol. The first-order valence-corrected chi connectivity index (χ1v) is 10.2. The molecule has 3 N–H and O–H groups in total. The molecule has 0 bridgehead atoms. The lowest BCUT2D eigenvalue weighted by Gasteiger charge is -2.35. The predicted octanol–water partition coefficient (Wildman–Crippen LogP) is 3.48. The van der Waals surface area contributed by atoms with Gasteiger partial charge in [-0.1, -0.05) is 37.3 Å². The van der Waals surface area contributed by atoms with Crippen LogP contribution < -0.4 is 15.8 Å². The molecule has 6 nitrogen and oxygen atoms in total. The van der Waals surface area contributed by atoms with Crippen molar-refractivity contribution in [3.8, 4) is 5.75 Å². The summed E-state index contributed by atoms with van der Waals surface area (Å²) in [6, 6.07) is 8.48. The summed E-state index contributed by atoms with van der Waals surface area (Å²) in [5.41, 5.74) is 6.88. The largest absolute Gasteiger partial charge is 0.494 e. The number of aromatic nitrogens is 2. The smallest absolute Gasteiger partial charge is 0.207 e. The number of likely N-dealkylation sites (tertiary alicyclic amines) is 1. The maximum absolute atomic E-state index is 5.91. The normalized spacial score (nSPS) is 20.8. The van der Waals surface area contributed by atoms with Crippen molar-refractivity contribution in [2.75, 3.05) is 37.3 Å². The van der Waals surface area contributed by atoms with Gasteiger partial charge in [0.25, 0.3) is 0 Å². The van der Waals surface area contributed by atoms with E-state index < -0.39 is 0 Å². The van der Waals surface area contributed by atoms with Crippen LogP contribution in [-0.2, 0) is 6.54 Å². The number of nitrogens with one attached hydrogen (secondary N) is 1. The fourth-order valence-electron chi connectivity index (χ4n) is 3.68. The monoisotopic (exact) mass is 375 g/mol. The first-order valence-electron chi connectivity index (χ1n) is 9.35. The van der Waals surface area contributed by atoms with E-state index in [-0.39, 0.29) is 0 Å². The van der Waals surface area contributed by atoms with E-state index in [9.17, 15) is 0 Å². The minimum Gasteiger partial charge on any atom is -0.494 e. The molecule has 0 radical (unpaired) electrons. The molecule has 7 heteroatoms. The van der Waals surface area contributed by atoms with Crippen molar-refractivity contribution >= 4 is 21.6 Å². The van der Waals surface area contributed by atoms with E-state index >= 15 is 0 Å². The van der Waals surface area contributed by atoms with Gasteiger partial charge in [0.2, 0.25) is 10.3 Å². The Morgan fingerprint density at radius 1 is 1.27 bits per heavy atom. The molecular formula is C19H29N5OS. The molecule has 1 fully saturated rings. The number of ether oxygens (including phenoxy) is 1. The number of benzene rings is 1. The van der Waals surface area contributed by atoms with Crippen LogP contribution in [0.25, 0.3) is 0 Å². The van der Waals surface area contributed by atoms with E-state index in [0.29, 0.717) is 11.7 Å². The molecule has 0 saturated carbocycles. The molecule has 0 amide bonds. The lowest BCUT2D eigenvalue weighted by atomic mass is 9.91. The Labute approximate surface area is 159 Å². The van der Waals surface area contributed by atoms with Gasteiger partial charge in [0.05, 0.1) is 6.61 Å². The third-order valence-corrected chi connectivity index (χ3v) is 5.27. The van der Waals surface area contributed by atoms with Crippen molar-refractivity contribution in [1.29, 1.82) is 0 Å². The number of nitrogens with two attached hydrogens (primary N) is 1. The van der Waals surface area contributed by atoms with Crippen molar-refractivity contribution in [1.82, 2.24) is 15.1 Å². The molecule has 1 aromatic carbocycles. The lowest BCUT2D eigenvalue weighted by Crippen LogP contribution is -2.38. The number of nitrogens with zero attached hydrogens (tertiary/aromatic N) is 3. The maximum Gasteiger partial charge on any atom is 0.207 e. The highest BCUT2D eigenvalue weighted by molar-refractivity contribution is 7.18. The molecule has 1 aromatic heterocycles. The maximum atomic E-state index is 5.91. The molecule has 3 rings (SSSR count). The minimum absolute atomic E-state index is 0.484.